The van der Waals surface area contributed by atoms with Gasteiger partial charge >= 0.3 is 0 Å². The standard InChI is InChI=1S/C11H20O3/c1-9-3-4-10(14-9)7-11(8-12)5-2-6-13-11/h9-10,12H,2-8H2,1H3. The van der Waals surface area contributed by atoms with Crippen molar-refractivity contribution in [2.75, 3.05) is 13.2 Å². The van der Waals surface area contributed by atoms with E-state index in [-0.39, 0.29) is 12.2 Å². The van der Waals surface area contributed by atoms with E-state index in [2.05, 4.69) is 6.92 Å². The lowest BCUT2D eigenvalue weighted by Gasteiger charge is -2.28. The Bertz CT molecular complexity index is 187. The molecule has 0 aromatic carbocycles. The quantitative estimate of drug-likeness (QED) is 0.750. The summed E-state index contributed by atoms with van der Waals surface area (Å²) >= 11 is 0. The van der Waals surface area contributed by atoms with Gasteiger partial charge in [0.25, 0.3) is 0 Å². The molecule has 3 atom stereocenters. The third-order valence-corrected chi connectivity index (χ3v) is 3.39. The van der Waals surface area contributed by atoms with Crippen molar-refractivity contribution in [2.24, 2.45) is 0 Å². The molecule has 2 heterocycles. The zero-order valence-corrected chi connectivity index (χ0v) is 8.87. The van der Waals surface area contributed by atoms with Gasteiger partial charge in [-0.3, -0.25) is 0 Å². The lowest BCUT2D eigenvalue weighted by molar-refractivity contribution is -0.0773. The molecule has 0 amide bonds. The highest BCUT2D eigenvalue weighted by Gasteiger charge is 2.38. The van der Waals surface area contributed by atoms with Gasteiger partial charge in [0.1, 0.15) is 0 Å². The summed E-state index contributed by atoms with van der Waals surface area (Å²) in [6.07, 6.45) is 5.87. The van der Waals surface area contributed by atoms with Crippen LogP contribution in [0.1, 0.15) is 39.0 Å². The summed E-state index contributed by atoms with van der Waals surface area (Å²) in [6.45, 7) is 3.05. The van der Waals surface area contributed by atoms with Crippen LogP contribution in [0.2, 0.25) is 0 Å². The molecule has 0 saturated carbocycles. The van der Waals surface area contributed by atoms with Crippen molar-refractivity contribution in [3.05, 3.63) is 0 Å². The van der Waals surface area contributed by atoms with E-state index in [0.717, 1.165) is 38.7 Å². The number of rotatable bonds is 3. The molecule has 2 fully saturated rings. The van der Waals surface area contributed by atoms with E-state index in [1.165, 1.54) is 0 Å². The normalized spacial score (nSPS) is 43.3. The van der Waals surface area contributed by atoms with Gasteiger partial charge in [-0.2, -0.15) is 0 Å². The molecule has 1 N–H and O–H groups in total. The molecule has 0 aliphatic carbocycles. The third kappa shape index (κ3) is 2.10. The predicted molar refractivity (Wildman–Crippen MR) is 53.2 cm³/mol. The Kier molecular flexibility index (Phi) is 3.10. The lowest BCUT2D eigenvalue weighted by atomic mass is 9.93. The molecule has 2 saturated heterocycles. The van der Waals surface area contributed by atoms with Crippen LogP contribution in [0.5, 0.6) is 0 Å². The summed E-state index contributed by atoms with van der Waals surface area (Å²) in [5.41, 5.74) is -0.283. The Balaban J connectivity index is 1.88. The molecule has 3 unspecified atom stereocenters. The van der Waals surface area contributed by atoms with Crippen LogP contribution in [-0.2, 0) is 9.47 Å². The predicted octanol–water partition coefficient (Wildman–Crippen LogP) is 1.49. The maximum Gasteiger partial charge on any atom is 0.0937 e. The van der Waals surface area contributed by atoms with Gasteiger partial charge in [0.2, 0.25) is 0 Å². The number of ether oxygens (including phenoxy) is 2. The minimum absolute atomic E-state index is 0.140. The number of hydrogen-bond donors (Lipinski definition) is 1. The molecular formula is C11H20O3. The Morgan fingerprint density at radius 2 is 2.29 bits per heavy atom. The van der Waals surface area contributed by atoms with Crippen molar-refractivity contribution in [1.29, 1.82) is 0 Å². The van der Waals surface area contributed by atoms with Crippen molar-refractivity contribution >= 4 is 0 Å². The van der Waals surface area contributed by atoms with Gasteiger partial charge in [0, 0.05) is 13.0 Å². The third-order valence-electron chi connectivity index (χ3n) is 3.39. The number of hydrogen-bond acceptors (Lipinski definition) is 3. The molecule has 2 rings (SSSR count). The van der Waals surface area contributed by atoms with Crippen molar-refractivity contribution < 1.29 is 14.6 Å². The summed E-state index contributed by atoms with van der Waals surface area (Å²) in [4.78, 5) is 0. The molecule has 2 aliphatic rings. The second-order valence-corrected chi connectivity index (χ2v) is 4.64. The van der Waals surface area contributed by atoms with E-state index in [0.29, 0.717) is 12.2 Å². The first-order valence-corrected chi connectivity index (χ1v) is 5.64. The van der Waals surface area contributed by atoms with Crippen LogP contribution in [-0.4, -0.2) is 36.1 Å². The fourth-order valence-electron chi connectivity index (χ4n) is 2.56. The Hall–Kier alpha value is -0.120. The van der Waals surface area contributed by atoms with Gasteiger partial charge in [0.05, 0.1) is 24.4 Å². The fourth-order valence-corrected chi connectivity index (χ4v) is 2.56. The van der Waals surface area contributed by atoms with Crippen LogP contribution in [0, 0.1) is 0 Å². The summed E-state index contributed by atoms with van der Waals surface area (Å²) in [5, 5.41) is 9.36. The zero-order valence-electron chi connectivity index (χ0n) is 8.87. The SMILES string of the molecule is CC1CCC(CC2(CO)CCCO2)O1. The van der Waals surface area contributed by atoms with Crippen molar-refractivity contribution in [3.8, 4) is 0 Å². The fraction of sp³-hybridized carbons (Fsp3) is 1.00. The van der Waals surface area contributed by atoms with E-state index in [4.69, 9.17) is 9.47 Å². The van der Waals surface area contributed by atoms with Gasteiger partial charge in [-0.05, 0) is 32.6 Å². The molecule has 14 heavy (non-hydrogen) atoms. The average molecular weight is 200 g/mol. The molecular weight excluding hydrogens is 180 g/mol. The Morgan fingerprint density at radius 3 is 2.79 bits per heavy atom. The van der Waals surface area contributed by atoms with Crippen LogP contribution >= 0.6 is 0 Å². The van der Waals surface area contributed by atoms with E-state index < -0.39 is 0 Å². The van der Waals surface area contributed by atoms with Crippen LogP contribution in [0.15, 0.2) is 0 Å². The molecule has 82 valence electrons. The molecule has 3 nitrogen and oxygen atoms in total. The second kappa shape index (κ2) is 4.17. The second-order valence-electron chi connectivity index (χ2n) is 4.64. The summed E-state index contributed by atoms with van der Waals surface area (Å²) in [7, 11) is 0. The largest absolute Gasteiger partial charge is 0.393 e. The maximum atomic E-state index is 9.36. The number of aliphatic hydroxyl groups is 1. The topological polar surface area (TPSA) is 38.7 Å². The van der Waals surface area contributed by atoms with Crippen LogP contribution in [0.25, 0.3) is 0 Å². The molecule has 0 radical (unpaired) electrons. The van der Waals surface area contributed by atoms with Crippen LogP contribution < -0.4 is 0 Å². The minimum Gasteiger partial charge on any atom is -0.393 e. The Labute approximate surface area is 85.4 Å². The van der Waals surface area contributed by atoms with Crippen LogP contribution in [0.4, 0.5) is 0 Å². The molecule has 2 aliphatic heterocycles. The molecule has 0 aromatic heterocycles. The highest BCUT2D eigenvalue weighted by atomic mass is 16.5. The van der Waals surface area contributed by atoms with E-state index >= 15 is 0 Å². The van der Waals surface area contributed by atoms with E-state index in [1.807, 2.05) is 0 Å². The van der Waals surface area contributed by atoms with Crippen molar-refractivity contribution in [1.82, 2.24) is 0 Å². The lowest BCUT2D eigenvalue weighted by Crippen LogP contribution is -2.36. The van der Waals surface area contributed by atoms with Gasteiger partial charge in [-0.25, -0.2) is 0 Å². The minimum atomic E-state index is -0.283. The zero-order chi connectivity index (χ0) is 10.0. The average Bonchev–Trinajstić information content (AvgIpc) is 2.77. The van der Waals surface area contributed by atoms with Crippen molar-refractivity contribution in [3.63, 3.8) is 0 Å². The maximum absolute atomic E-state index is 9.36. The molecule has 0 aromatic rings. The summed E-state index contributed by atoms with van der Waals surface area (Å²) in [5.74, 6) is 0. The smallest absolute Gasteiger partial charge is 0.0937 e. The van der Waals surface area contributed by atoms with Gasteiger partial charge in [0.15, 0.2) is 0 Å². The Morgan fingerprint density at radius 1 is 1.43 bits per heavy atom. The van der Waals surface area contributed by atoms with Gasteiger partial charge < -0.3 is 14.6 Å². The monoisotopic (exact) mass is 200 g/mol. The summed E-state index contributed by atoms with van der Waals surface area (Å²) < 4.78 is 11.4. The summed E-state index contributed by atoms with van der Waals surface area (Å²) in [6, 6.07) is 0. The van der Waals surface area contributed by atoms with Crippen molar-refractivity contribution in [2.45, 2.75) is 56.8 Å². The van der Waals surface area contributed by atoms with E-state index in [9.17, 15) is 5.11 Å². The van der Waals surface area contributed by atoms with Gasteiger partial charge in [-0.1, -0.05) is 0 Å². The van der Waals surface area contributed by atoms with E-state index in [1.54, 1.807) is 0 Å². The first-order chi connectivity index (χ1) is 6.74. The number of aliphatic hydroxyl groups excluding tert-OH is 1. The van der Waals surface area contributed by atoms with Crippen LogP contribution in [0.3, 0.4) is 0 Å². The molecule has 0 bridgehead atoms. The first-order valence-electron chi connectivity index (χ1n) is 5.64. The highest BCUT2D eigenvalue weighted by molar-refractivity contribution is 4.89. The molecule has 0 spiro atoms. The highest BCUT2D eigenvalue weighted by Crippen LogP contribution is 2.34. The first kappa shape index (κ1) is 10.4. The molecule has 3 heteroatoms. The van der Waals surface area contributed by atoms with Gasteiger partial charge in [-0.15, -0.1) is 0 Å².